The van der Waals surface area contributed by atoms with Crippen LogP contribution in [0.25, 0.3) is 6.08 Å². The van der Waals surface area contributed by atoms with Gasteiger partial charge in [0.25, 0.3) is 0 Å². The molecular formula is C11H12FNO2. The van der Waals surface area contributed by atoms with Gasteiger partial charge in [0, 0.05) is 6.54 Å². The first kappa shape index (κ1) is 11.4. The summed E-state index contributed by atoms with van der Waals surface area (Å²) in [4.78, 5) is 10.8. The van der Waals surface area contributed by atoms with Gasteiger partial charge in [-0.3, -0.25) is 0 Å². The minimum Gasteiger partial charge on any atom is -0.478 e. The van der Waals surface area contributed by atoms with Gasteiger partial charge in [-0.1, -0.05) is 24.3 Å². The molecule has 0 aliphatic carbocycles. The fourth-order valence-electron chi connectivity index (χ4n) is 1.21. The number of hydrogen-bond donors (Lipinski definition) is 2. The number of carboxylic acid groups (broad SMARTS) is 1. The van der Waals surface area contributed by atoms with Crippen molar-refractivity contribution in [2.24, 2.45) is 0 Å². The predicted octanol–water partition coefficient (Wildman–Crippen LogP) is 1.76. The van der Waals surface area contributed by atoms with Crippen LogP contribution in [0, 0.1) is 5.82 Å². The van der Waals surface area contributed by atoms with Crippen LogP contribution in [0.1, 0.15) is 15.9 Å². The molecule has 0 spiro atoms. The quantitative estimate of drug-likeness (QED) is 0.794. The molecule has 0 aliphatic heterocycles. The summed E-state index contributed by atoms with van der Waals surface area (Å²) in [7, 11) is 1.77. The van der Waals surface area contributed by atoms with Crippen molar-refractivity contribution in [1.29, 1.82) is 0 Å². The van der Waals surface area contributed by atoms with Crippen molar-refractivity contribution >= 4 is 12.0 Å². The number of likely N-dealkylation sites (N-methyl/N-ethyl adjacent to an activating group) is 1. The van der Waals surface area contributed by atoms with E-state index in [-0.39, 0.29) is 5.56 Å². The average molecular weight is 209 g/mol. The first-order valence-corrected chi connectivity index (χ1v) is 4.49. The molecule has 0 aliphatic rings. The molecule has 2 N–H and O–H groups in total. The van der Waals surface area contributed by atoms with Gasteiger partial charge in [0.15, 0.2) is 0 Å². The fourth-order valence-corrected chi connectivity index (χ4v) is 1.21. The molecule has 0 amide bonds. The van der Waals surface area contributed by atoms with Crippen LogP contribution in [0.4, 0.5) is 4.39 Å². The Labute approximate surface area is 87.2 Å². The Hall–Kier alpha value is -1.68. The van der Waals surface area contributed by atoms with E-state index < -0.39 is 11.8 Å². The molecule has 0 heterocycles. The van der Waals surface area contributed by atoms with E-state index in [0.717, 1.165) is 6.07 Å². The third kappa shape index (κ3) is 2.89. The fraction of sp³-hybridized carbons (Fsp3) is 0.182. The molecule has 15 heavy (non-hydrogen) atoms. The Morgan fingerprint density at radius 2 is 2.33 bits per heavy atom. The maximum absolute atomic E-state index is 13.2. The lowest BCUT2D eigenvalue weighted by atomic mass is 10.1. The van der Waals surface area contributed by atoms with Crippen LogP contribution in [-0.4, -0.2) is 24.7 Å². The molecule has 0 unspecified atom stereocenters. The highest BCUT2D eigenvalue weighted by Crippen LogP contribution is 2.14. The normalized spacial score (nSPS) is 10.8. The van der Waals surface area contributed by atoms with Crippen molar-refractivity contribution in [3.8, 4) is 0 Å². The lowest BCUT2D eigenvalue weighted by Crippen LogP contribution is -2.05. The maximum atomic E-state index is 13.2. The second kappa shape index (κ2) is 5.26. The highest BCUT2D eigenvalue weighted by molar-refractivity contribution is 5.92. The number of carboxylic acids is 1. The molecule has 0 bridgehead atoms. The van der Waals surface area contributed by atoms with Gasteiger partial charge in [-0.15, -0.1) is 0 Å². The van der Waals surface area contributed by atoms with Gasteiger partial charge in [0.1, 0.15) is 11.4 Å². The average Bonchev–Trinajstić information content (AvgIpc) is 2.17. The monoisotopic (exact) mass is 209 g/mol. The Balaban J connectivity index is 3.06. The SMILES string of the molecule is CNCC=Cc1cccc(F)c1C(=O)O. The van der Waals surface area contributed by atoms with Crippen LogP contribution >= 0.6 is 0 Å². The Bertz CT molecular complexity index is 388. The first-order chi connectivity index (χ1) is 7.16. The van der Waals surface area contributed by atoms with Gasteiger partial charge in [-0.05, 0) is 18.7 Å². The van der Waals surface area contributed by atoms with E-state index in [2.05, 4.69) is 5.32 Å². The van der Waals surface area contributed by atoms with Crippen LogP contribution in [-0.2, 0) is 0 Å². The third-order valence-corrected chi connectivity index (χ3v) is 1.88. The number of benzene rings is 1. The van der Waals surface area contributed by atoms with Gasteiger partial charge in [0.2, 0.25) is 0 Å². The van der Waals surface area contributed by atoms with E-state index in [1.165, 1.54) is 6.07 Å². The lowest BCUT2D eigenvalue weighted by molar-refractivity contribution is 0.0691. The number of aromatic carboxylic acids is 1. The number of halogens is 1. The molecular weight excluding hydrogens is 197 g/mol. The number of carbonyl (C=O) groups is 1. The zero-order valence-electron chi connectivity index (χ0n) is 8.33. The van der Waals surface area contributed by atoms with Gasteiger partial charge >= 0.3 is 5.97 Å². The van der Waals surface area contributed by atoms with E-state index in [1.54, 1.807) is 25.3 Å². The standard InChI is InChI=1S/C11H12FNO2/c1-13-7-3-5-8-4-2-6-9(12)10(8)11(14)15/h2-6,13H,7H2,1H3,(H,14,15). The van der Waals surface area contributed by atoms with E-state index in [4.69, 9.17) is 5.11 Å². The second-order valence-corrected chi connectivity index (χ2v) is 2.97. The topological polar surface area (TPSA) is 49.3 Å². The first-order valence-electron chi connectivity index (χ1n) is 4.49. The summed E-state index contributed by atoms with van der Waals surface area (Å²) in [6.07, 6.45) is 3.32. The molecule has 0 atom stereocenters. The number of rotatable bonds is 4. The van der Waals surface area contributed by atoms with Gasteiger partial charge in [-0.25, -0.2) is 9.18 Å². The molecule has 0 aromatic heterocycles. The smallest absolute Gasteiger partial charge is 0.339 e. The van der Waals surface area contributed by atoms with Crippen LogP contribution in [0.3, 0.4) is 0 Å². The van der Waals surface area contributed by atoms with Crippen molar-refractivity contribution < 1.29 is 14.3 Å². The summed E-state index contributed by atoms with van der Waals surface area (Å²) in [5, 5.41) is 11.7. The van der Waals surface area contributed by atoms with E-state index >= 15 is 0 Å². The van der Waals surface area contributed by atoms with Crippen molar-refractivity contribution in [3.05, 3.63) is 41.2 Å². The molecule has 3 nitrogen and oxygen atoms in total. The lowest BCUT2D eigenvalue weighted by Gasteiger charge is -2.01. The van der Waals surface area contributed by atoms with Crippen molar-refractivity contribution in [1.82, 2.24) is 5.32 Å². The summed E-state index contributed by atoms with van der Waals surface area (Å²) < 4.78 is 13.2. The molecule has 0 saturated carbocycles. The van der Waals surface area contributed by atoms with E-state index in [0.29, 0.717) is 12.1 Å². The molecule has 4 heteroatoms. The Morgan fingerprint density at radius 1 is 1.60 bits per heavy atom. The second-order valence-electron chi connectivity index (χ2n) is 2.97. The molecule has 1 aromatic rings. The van der Waals surface area contributed by atoms with Gasteiger partial charge < -0.3 is 10.4 Å². The van der Waals surface area contributed by atoms with Crippen molar-refractivity contribution in [2.75, 3.05) is 13.6 Å². The predicted molar refractivity (Wildman–Crippen MR) is 56.3 cm³/mol. The van der Waals surface area contributed by atoms with Gasteiger partial charge in [0.05, 0.1) is 0 Å². The molecule has 1 aromatic carbocycles. The minimum atomic E-state index is -1.25. The number of nitrogens with one attached hydrogen (secondary N) is 1. The third-order valence-electron chi connectivity index (χ3n) is 1.88. The highest BCUT2D eigenvalue weighted by Gasteiger charge is 2.13. The van der Waals surface area contributed by atoms with Crippen LogP contribution in [0.15, 0.2) is 24.3 Å². The molecule has 0 radical (unpaired) electrons. The molecule has 80 valence electrons. The molecule has 0 fully saturated rings. The highest BCUT2D eigenvalue weighted by atomic mass is 19.1. The Morgan fingerprint density at radius 3 is 2.93 bits per heavy atom. The summed E-state index contributed by atoms with van der Waals surface area (Å²) in [5.74, 6) is -1.97. The van der Waals surface area contributed by atoms with Gasteiger partial charge in [-0.2, -0.15) is 0 Å². The zero-order chi connectivity index (χ0) is 11.3. The van der Waals surface area contributed by atoms with Crippen molar-refractivity contribution in [2.45, 2.75) is 0 Å². The zero-order valence-corrected chi connectivity index (χ0v) is 8.33. The van der Waals surface area contributed by atoms with Crippen LogP contribution < -0.4 is 5.32 Å². The summed E-state index contributed by atoms with van der Waals surface area (Å²) >= 11 is 0. The summed E-state index contributed by atoms with van der Waals surface area (Å²) in [6, 6.07) is 4.19. The summed E-state index contributed by atoms with van der Waals surface area (Å²) in [6.45, 7) is 0.607. The largest absolute Gasteiger partial charge is 0.478 e. The van der Waals surface area contributed by atoms with E-state index in [9.17, 15) is 9.18 Å². The minimum absolute atomic E-state index is 0.287. The van der Waals surface area contributed by atoms with E-state index in [1.807, 2.05) is 0 Å². The molecule has 0 saturated heterocycles. The van der Waals surface area contributed by atoms with Crippen LogP contribution in [0.5, 0.6) is 0 Å². The Kier molecular flexibility index (Phi) is 4.00. The number of hydrogen-bond acceptors (Lipinski definition) is 2. The summed E-state index contributed by atoms with van der Waals surface area (Å²) in [5.41, 5.74) is 0.0857. The molecule has 1 rings (SSSR count). The van der Waals surface area contributed by atoms with Crippen molar-refractivity contribution in [3.63, 3.8) is 0 Å². The van der Waals surface area contributed by atoms with Crippen LogP contribution in [0.2, 0.25) is 0 Å². The maximum Gasteiger partial charge on any atom is 0.339 e.